The maximum Gasteiger partial charge on any atom is 0.430 e. The zero-order valence-electron chi connectivity index (χ0n) is 17.8. The number of hydrogen-bond acceptors (Lipinski definition) is 9. The summed E-state index contributed by atoms with van der Waals surface area (Å²) < 4.78 is 118. The molecule has 0 spiro atoms. The highest BCUT2D eigenvalue weighted by molar-refractivity contribution is 8.45. The van der Waals surface area contributed by atoms with Gasteiger partial charge in [-0.15, -0.1) is 0 Å². The molecule has 2 unspecified atom stereocenters. The lowest BCUT2D eigenvalue weighted by atomic mass is 9.98. The van der Waals surface area contributed by atoms with Crippen molar-refractivity contribution in [2.24, 2.45) is 0 Å². The Morgan fingerprint density at radius 2 is 1.80 bits per heavy atom. The molecule has 0 fully saturated rings. The molecule has 35 heavy (non-hydrogen) atoms. The largest absolute Gasteiger partial charge is 0.475 e. The highest BCUT2D eigenvalue weighted by Crippen LogP contribution is 3.02. The number of carbonyl (C=O) groups excluding carboxylic acids is 1. The topological polar surface area (TPSA) is 108 Å². The van der Waals surface area contributed by atoms with Gasteiger partial charge in [0.1, 0.15) is 23.9 Å². The van der Waals surface area contributed by atoms with Crippen molar-refractivity contribution in [3.8, 4) is 5.75 Å². The Morgan fingerprint density at radius 1 is 1.17 bits per heavy atom. The van der Waals surface area contributed by atoms with Crippen molar-refractivity contribution in [3.63, 3.8) is 0 Å². The molecule has 3 N–H and O–H groups in total. The lowest BCUT2D eigenvalue weighted by molar-refractivity contribution is -0.205. The Kier molecular flexibility index (Phi) is 8.02. The predicted octanol–water partition coefficient (Wildman–Crippen LogP) is 4.52. The van der Waals surface area contributed by atoms with E-state index in [0.717, 1.165) is 7.11 Å². The number of fused-ring (bicyclic) bond motifs is 1. The molecule has 0 radical (unpaired) electrons. The summed E-state index contributed by atoms with van der Waals surface area (Å²) in [5, 5.41) is 8.49. The molecule has 0 saturated heterocycles. The molecule has 0 aromatic heterocycles. The van der Waals surface area contributed by atoms with Crippen LogP contribution in [0.2, 0.25) is 0 Å². The van der Waals surface area contributed by atoms with Crippen LogP contribution < -0.4 is 16.0 Å². The van der Waals surface area contributed by atoms with Crippen LogP contribution >= 0.6 is 10.2 Å². The number of esters is 1. The van der Waals surface area contributed by atoms with Gasteiger partial charge in [0, 0.05) is 5.56 Å². The normalized spacial score (nSPS) is 19.1. The minimum atomic E-state index is -10.2. The summed E-state index contributed by atoms with van der Waals surface area (Å²) in [6.07, 6.45) is -9.79. The van der Waals surface area contributed by atoms with Crippen LogP contribution in [-0.2, 0) is 30.5 Å². The first-order valence-corrected chi connectivity index (χ1v) is 11.3. The summed E-state index contributed by atoms with van der Waals surface area (Å²) in [6, 6.07) is -0.0851. The number of hydrogen-bond donors (Lipinski definition) is 3. The van der Waals surface area contributed by atoms with Crippen molar-refractivity contribution in [1.82, 2.24) is 11.3 Å². The molecule has 202 valence electrons. The maximum atomic E-state index is 13.7. The van der Waals surface area contributed by atoms with E-state index >= 15 is 0 Å². The maximum absolute atomic E-state index is 13.7. The minimum absolute atomic E-state index is 0.0143. The van der Waals surface area contributed by atoms with Crippen LogP contribution in [0.1, 0.15) is 18.1 Å². The molecule has 0 aliphatic carbocycles. The summed E-state index contributed by atoms with van der Waals surface area (Å²) in [4.78, 5) is 23.6. The van der Waals surface area contributed by atoms with Gasteiger partial charge in [-0.3, -0.25) is 19.7 Å². The number of nitrogens with one attached hydrogen (secondary N) is 2. The molecule has 9 nitrogen and oxygen atoms in total. The summed E-state index contributed by atoms with van der Waals surface area (Å²) in [5.74, 6) is -2.48. The zero-order chi connectivity index (χ0) is 26.7. The lowest BCUT2D eigenvalue weighted by Gasteiger charge is -2.41. The van der Waals surface area contributed by atoms with E-state index in [2.05, 4.69) is 14.5 Å². The average molecular weight is 548 g/mol. The van der Waals surface area contributed by atoms with Crippen molar-refractivity contribution >= 4 is 22.3 Å². The molecule has 0 bridgehead atoms. The van der Waals surface area contributed by atoms with Gasteiger partial charge in [-0.1, -0.05) is 37.6 Å². The minimum Gasteiger partial charge on any atom is -0.475 e. The van der Waals surface area contributed by atoms with E-state index in [0.29, 0.717) is 6.08 Å². The second kappa shape index (κ2) is 9.68. The monoisotopic (exact) mass is 548 g/mol. The number of aryl methyl sites for hydroxylation is 1. The number of rotatable bonds is 11. The fraction of sp³-hybridized carbons (Fsp3) is 0.471. The molecule has 2 rings (SSSR count). The fourth-order valence-corrected chi connectivity index (χ4v) is 3.62. The molecule has 0 saturated carbocycles. The molecule has 2 atom stereocenters. The Balaban J connectivity index is 2.55. The number of carbonyl (C=O) groups is 1. The van der Waals surface area contributed by atoms with Crippen LogP contribution in [0.15, 0.2) is 22.6 Å². The van der Waals surface area contributed by atoms with Gasteiger partial charge in [0.15, 0.2) is 6.10 Å². The van der Waals surface area contributed by atoms with Crippen LogP contribution in [0.4, 0.5) is 32.6 Å². The van der Waals surface area contributed by atoms with Gasteiger partial charge in [-0.2, -0.15) is 13.2 Å². The van der Waals surface area contributed by atoms with Crippen molar-refractivity contribution < 1.29 is 66.6 Å². The number of alkyl halides is 3. The van der Waals surface area contributed by atoms with E-state index < -0.39 is 75.1 Å². The van der Waals surface area contributed by atoms with Crippen molar-refractivity contribution in [2.45, 2.75) is 36.6 Å². The van der Waals surface area contributed by atoms with E-state index in [1.807, 2.05) is 5.64 Å². The highest BCUT2D eigenvalue weighted by Gasteiger charge is 2.66. The molecule has 1 aliphatic heterocycles. The molecule has 0 amide bonds. The number of benzene rings is 1. The van der Waals surface area contributed by atoms with E-state index in [1.54, 1.807) is 0 Å². The van der Waals surface area contributed by atoms with Gasteiger partial charge in [0.25, 0.3) is 0 Å². The first-order chi connectivity index (χ1) is 15.9. The van der Waals surface area contributed by atoms with Crippen LogP contribution in [0.25, 0.3) is 6.08 Å². The molecular weight excluding hydrogens is 528 g/mol. The fourth-order valence-electron chi connectivity index (χ4n) is 2.90. The first-order valence-electron chi connectivity index (χ1n) is 9.38. The standard InChI is InChI=1S/C17H20F8N2O7S/c1-3-9-4-12(35(21,22,23,24)25)5-10-6-13(15(17(18,19)20)34-14(9)10)16(28)33-11(7-31-26-29)8-32-27-30-2/h4-6,11,15,26-27,29H,3,7-8H2,1-2H3. The van der Waals surface area contributed by atoms with Gasteiger partial charge < -0.3 is 9.47 Å². The Morgan fingerprint density at radius 3 is 2.31 bits per heavy atom. The summed E-state index contributed by atoms with van der Waals surface area (Å²) in [5.41, 5.74) is 0.368. The Hall–Kier alpha value is -2.22. The molecule has 1 heterocycles. The second-order valence-electron chi connectivity index (χ2n) is 6.99. The van der Waals surface area contributed by atoms with Gasteiger partial charge in [-0.25, -0.2) is 4.79 Å². The van der Waals surface area contributed by atoms with Crippen molar-refractivity contribution in [3.05, 3.63) is 28.8 Å². The van der Waals surface area contributed by atoms with Crippen molar-refractivity contribution in [1.29, 1.82) is 0 Å². The van der Waals surface area contributed by atoms with E-state index in [4.69, 9.17) is 14.7 Å². The van der Waals surface area contributed by atoms with Crippen LogP contribution in [0, 0.1) is 0 Å². The third kappa shape index (κ3) is 7.63. The second-order valence-corrected chi connectivity index (χ2v) is 9.40. The van der Waals surface area contributed by atoms with Crippen LogP contribution in [0.5, 0.6) is 5.75 Å². The van der Waals surface area contributed by atoms with E-state index in [9.17, 15) is 37.4 Å². The highest BCUT2D eigenvalue weighted by atomic mass is 32.5. The summed E-state index contributed by atoms with van der Waals surface area (Å²) in [6.45, 7) is -0.0570. The lowest BCUT2D eigenvalue weighted by Crippen LogP contribution is -2.42. The van der Waals surface area contributed by atoms with Gasteiger partial charge in [-0.05, 0) is 30.2 Å². The van der Waals surface area contributed by atoms with Gasteiger partial charge in [0.05, 0.1) is 12.7 Å². The summed E-state index contributed by atoms with van der Waals surface area (Å²) in [7, 11) is -9.10. The SMILES string of the molecule is CCc1cc(S(F)(F)(F)(F)F)cc2c1OC(C(F)(F)F)C(C(=O)OC(CONO)CONOC)=C2. The quantitative estimate of drug-likeness (QED) is 0.159. The zero-order valence-corrected chi connectivity index (χ0v) is 18.7. The van der Waals surface area contributed by atoms with Crippen LogP contribution in [-0.4, -0.2) is 49.9 Å². The van der Waals surface area contributed by atoms with Gasteiger partial charge >= 0.3 is 22.4 Å². The molecule has 18 heteroatoms. The van der Waals surface area contributed by atoms with E-state index in [-0.39, 0.29) is 18.6 Å². The van der Waals surface area contributed by atoms with Gasteiger partial charge in [0.2, 0.25) is 6.10 Å². The average Bonchev–Trinajstić information content (AvgIpc) is 2.73. The summed E-state index contributed by atoms with van der Waals surface area (Å²) >= 11 is 0. The smallest absolute Gasteiger partial charge is 0.430 e. The predicted molar refractivity (Wildman–Crippen MR) is 103 cm³/mol. The van der Waals surface area contributed by atoms with Crippen LogP contribution in [0.3, 0.4) is 0 Å². The van der Waals surface area contributed by atoms with Crippen molar-refractivity contribution in [2.75, 3.05) is 20.3 Å². The molecule has 1 aromatic carbocycles. The Labute approximate surface area is 192 Å². The van der Waals surface area contributed by atoms with E-state index in [1.165, 1.54) is 12.6 Å². The first kappa shape index (κ1) is 29.0. The number of ether oxygens (including phenoxy) is 2. The molecule has 1 aliphatic rings. The molecular formula is C17H20F8N2O7S. The third-order valence-corrected chi connectivity index (χ3v) is 5.50. The third-order valence-electron chi connectivity index (χ3n) is 4.38. The molecule has 1 aromatic rings. The Bertz CT molecular complexity index is 973. The number of halogens is 8.